The lowest BCUT2D eigenvalue weighted by Gasteiger charge is -2.10. The Hall–Kier alpha value is -2.86. The molecule has 1 amide bonds. The van der Waals surface area contributed by atoms with Crippen molar-refractivity contribution in [3.05, 3.63) is 66.2 Å². The fourth-order valence-electron chi connectivity index (χ4n) is 2.41. The summed E-state index contributed by atoms with van der Waals surface area (Å²) in [5.74, 6) is 0.769. The molecule has 26 heavy (non-hydrogen) atoms. The lowest BCUT2D eigenvalue weighted by Crippen LogP contribution is -2.15. The van der Waals surface area contributed by atoms with Crippen LogP contribution in [0.5, 0.6) is 5.75 Å². The molecule has 0 aliphatic rings. The van der Waals surface area contributed by atoms with Crippen molar-refractivity contribution in [2.24, 2.45) is 0 Å². The number of benzene rings is 2. The third-order valence-electron chi connectivity index (χ3n) is 3.69. The molecular weight excluding hydrogens is 346 g/mol. The fraction of sp³-hybridized carbons (Fsp3) is 0.150. The van der Waals surface area contributed by atoms with Gasteiger partial charge in [-0.15, -0.1) is 10.2 Å². The molecule has 0 spiro atoms. The molecular formula is C20H19N3O2S. The van der Waals surface area contributed by atoms with Gasteiger partial charge in [-0.1, -0.05) is 48.2 Å². The molecule has 0 aliphatic carbocycles. The van der Waals surface area contributed by atoms with Crippen LogP contribution in [0.25, 0.3) is 11.3 Å². The second kappa shape index (κ2) is 8.49. The minimum absolute atomic E-state index is 0.118. The van der Waals surface area contributed by atoms with Gasteiger partial charge in [-0.3, -0.25) is 4.79 Å². The Bertz CT molecular complexity index is 883. The van der Waals surface area contributed by atoms with Crippen LogP contribution >= 0.6 is 11.8 Å². The molecule has 3 rings (SSSR count). The van der Waals surface area contributed by atoms with Gasteiger partial charge in [-0.05, 0) is 36.8 Å². The first-order chi connectivity index (χ1) is 12.7. The van der Waals surface area contributed by atoms with E-state index in [0.717, 1.165) is 16.8 Å². The highest BCUT2D eigenvalue weighted by Gasteiger charge is 2.09. The molecule has 0 radical (unpaired) electrons. The number of hydrogen-bond acceptors (Lipinski definition) is 5. The van der Waals surface area contributed by atoms with Gasteiger partial charge in [0.1, 0.15) is 10.8 Å². The van der Waals surface area contributed by atoms with Crippen molar-refractivity contribution < 1.29 is 9.53 Å². The van der Waals surface area contributed by atoms with Crippen LogP contribution in [0.3, 0.4) is 0 Å². The van der Waals surface area contributed by atoms with E-state index in [1.165, 1.54) is 11.8 Å². The van der Waals surface area contributed by atoms with Crippen molar-refractivity contribution in [1.82, 2.24) is 10.2 Å². The molecule has 0 unspecified atom stereocenters. The Kier molecular flexibility index (Phi) is 5.86. The second-order valence-corrected chi connectivity index (χ2v) is 6.66. The lowest BCUT2D eigenvalue weighted by molar-refractivity contribution is -0.113. The van der Waals surface area contributed by atoms with E-state index in [2.05, 4.69) is 15.5 Å². The Morgan fingerprint density at radius 3 is 2.58 bits per heavy atom. The molecule has 1 N–H and O–H groups in total. The average Bonchev–Trinajstić information content (AvgIpc) is 2.68. The van der Waals surface area contributed by atoms with Gasteiger partial charge in [0.25, 0.3) is 0 Å². The largest absolute Gasteiger partial charge is 0.495 e. The van der Waals surface area contributed by atoms with Gasteiger partial charge >= 0.3 is 0 Å². The van der Waals surface area contributed by atoms with Crippen molar-refractivity contribution in [3.63, 3.8) is 0 Å². The molecule has 1 heterocycles. The monoisotopic (exact) mass is 365 g/mol. The summed E-state index contributed by atoms with van der Waals surface area (Å²) < 4.78 is 5.28. The maximum absolute atomic E-state index is 12.2. The highest BCUT2D eigenvalue weighted by molar-refractivity contribution is 7.99. The fourth-order valence-corrected chi connectivity index (χ4v) is 3.02. The number of methoxy groups -OCH3 is 1. The smallest absolute Gasteiger partial charge is 0.234 e. The average molecular weight is 365 g/mol. The number of anilines is 1. The quantitative estimate of drug-likeness (QED) is 0.664. The van der Waals surface area contributed by atoms with Crippen molar-refractivity contribution in [3.8, 4) is 17.0 Å². The molecule has 0 bridgehead atoms. The van der Waals surface area contributed by atoms with Gasteiger partial charge in [0.15, 0.2) is 0 Å². The summed E-state index contributed by atoms with van der Waals surface area (Å²) in [4.78, 5) is 12.2. The third kappa shape index (κ3) is 4.61. The molecule has 0 atom stereocenters. The molecule has 0 saturated carbocycles. The standard InChI is InChI=1S/C20H19N3O2S/c1-14-8-10-18(25-2)17(12-14)21-19(24)13-26-20-11-9-16(22-23-20)15-6-4-3-5-7-15/h3-12H,13H2,1-2H3,(H,21,24). The number of thioether (sulfide) groups is 1. The molecule has 3 aromatic rings. The number of hydrogen-bond donors (Lipinski definition) is 1. The summed E-state index contributed by atoms with van der Waals surface area (Å²) in [6.07, 6.45) is 0. The highest BCUT2D eigenvalue weighted by Crippen LogP contribution is 2.26. The Morgan fingerprint density at radius 2 is 1.88 bits per heavy atom. The topological polar surface area (TPSA) is 64.1 Å². The number of nitrogens with one attached hydrogen (secondary N) is 1. The molecule has 132 valence electrons. The number of aryl methyl sites for hydroxylation is 1. The van der Waals surface area contributed by atoms with E-state index in [1.54, 1.807) is 7.11 Å². The van der Waals surface area contributed by atoms with E-state index in [0.29, 0.717) is 16.5 Å². The molecule has 2 aromatic carbocycles. The summed E-state index contributed by atoms with van der Waals surface area (Å²) in [6.45, 7) is 1.97. The van der Waals surface area contributed by atoms with Gasteiger partial charge in [-0.25, -0.2) is 0 Å². The second-order valence-electron chi connectivity index (χ2n) is 5.66. The van der Waals surface area contributed by atoms with Crippen LogP contribution in [-0.4, -0.2) is 29.0 Å². The van der Waals surface area contributed by atoms with Crippen LogP contribution in [0, 0.1) is 6.92 Å². The predicted octanol–water partition coefficient (Wildman–Crippen LogP) is 4.19. The highest BCUT2D eigenvalue weighted by atomic mass is 32.2. The summed E-state index contributed by atoms with van der Waals surface area (Å²) >= 11 is 1.34. The number of amides is 1. The molecule has 5 nitrogen and oxygen atoms in total. The Morgan fingerprint density at radius 1 is 1.08 bits per heavy atom. The summed E-state index contributed by atoms with van der Waals surface area (Å²) in [5, 5.41) is 12.0. The number of ether oxygens (including phenoxy) is 1. The number of rotatable bonds is 6. The van der Waals surface area contributed by atoms with Gasteiger partial charge in [0.2, 0.25) is 5.91 Å². The van der Waals surface area contributed by atoms with Crippen LogP contribution < -0.4 is 10.1 Å². The molecule has 1 aromatic heterocycles. The molecule has 0 fully saturated rings. The molecule has 6 heteroatoms. The third-order valence-corrected chi connectivity index (χ3v) is 4.61. The maximum Gasteiger partial charge on any atom is 0.234 e. The summed E-state index contributed by atoms with van der Waals surface area (Å²) in [6, 6.07) is 19.3. The lowest BCUT2D eigenvalue weighted by atomic mass is 10.1. The number of nitrogens with zero attached hydrogens (tertiary/aromatic N) is 2. The zero-order chi connectivity index (χ0) is 18.4. The van der Waals surface area contributed by atoms with E-state index < -0.39 is 0 Å². The SMILES string of the molecule is COc1ccc(C)cc1NC(=O)CSc1ccc(-c2ccccc2)nn1. The minimum atomic E-state index is -0.118. The van der Waals surface area contributed by atoms with E-state index >= 15 is 0 Å². The van der Waals surface area contributed by atoms with E-state index in [1.807, 2.05) is 67.6 Å². The van der Waals surface area contributed by atoms with Gasteiger partial charge in [-0.2, -0.15) is 0 Å². The minimum Gasteiger partial charge on any atom is -0.495 e. The molecule has 0 saturated heterocycles. The van der Waals surface area contributed by atoms with E-state index in [4.69, 9.17) is 4.74 Å². The summed E-state index contributed by atoms with van der Waals surface area (Å²) in [7, 11) is 1.58. The summed E-state index contributed by atoms with van der Waals surface area (Å²) in [5.41, 5.74) is 3.55. The van der Waals surface area contributed by atoms with Gasteiger partial charge in [0.05, 0.1) is 24.2 Å². The van der Waals surface area contributed by atoms with Crippen LogP contribution in [0.15, 0.2) is 65.7 Å². The number of aromatic nitrogens is 2. The van der Waals surface area contributed by atoms with E-state index in [-0.39, 0.29) is 11.7 Å². The first kappa shape index (κ1) is 17.9. The predicted molar refractivity (Wildman–Crippen MR) is 105 cm³/mol. The van der Waals surface area contributed by atoms with Crippen LogP contribution in [-0.2, 0) is 4.79 Å². The van der Waals surface area contributed by atoms with Crippen LogP contribution in [0.4, 0.5) is 5.69 Å². The number of carbonyl (C=O) groups excluding carboxylic acids is 1. The zero-order valence-electron chi connectivity index (χ0n) is 14.6. The van der Waals surface area contributed by atoms with Crippen molar-refractivity contribution in [2.45, 2.75) is 11.9 Å². The van der Waals surface area contributed by atoms with Gasteiger partial charge < -0.3 is 10.1 Å². The zero-order valence-corrected chi connectivity index (χ0v) is 15.4. The van der Waals surface area contributed by atoms with Crippen molar-refractivity contribution in [1.29, 1.82) is 0 Å². The van der Waals surface area contributed by atoms with Crippen LogP contribution in [0.2, 0.25) is 0 Å². The first-order valence-electron chi connectivity index (χ1n) is 8.12. The first-order valence-corrected chi connectivity index (χ1v) is 9.11. The Balaban J connectivity index is 1.59. The van der Waals surface area contributed by atoms with Crippen LogP contribution in [0.1, 0.15) is 5.56 Å². The molecule has 0 aliphatic heterocycles. The number of carbonyl (C=O) groups is 1. The van der Waals surface area contributed by atoms with E-state index in [9.17, 15) is 4.79 Å². The van der Waals surface area contributed by atoms with Crippen molar-refractivity contribution in [2.75, 3.05) is 18.2 Å². The van der Waals surface area contributed by atoms with Gasteiger partial charge in [0, 0.05) is 5.56 Å². The van der Waals surface area contributed by atoms with Crippen molar-refractivity contribution >= 4 is 23.4 Å². The Labute approximate surface area is 156 Å². The normalized spacial score (nSPS) is 10.4. The maximum atomic E-state index is 12.2.